The van der Waals surface area contributed by atoms with Crippen molar-refractivity contribution >= 4 is 16.8 Å². The third kappa shape index (κ3) is 3.11. The zero-order chi connectivity index (χ0) is 18.2. The molecule has 2 aromatic heterocycles. The van der Waals surface area contributed by atoms with Gasteiger partial charge in [-0.25, -0.2) is 0 Å². The number of amides is 1. The lowest BCUT2D eigenvalue weighted by Crippen LogP contribution is -2.53. The minimum atomic E-state index is 0.0639. The summed E-state index contributed by atoms with van der Waals surface area (Å²) in [6.07, 6.45) is 5.75. The van der Waals surface area contributed by atoms with Crippen molar-refractivity contribution in [3.63, 3.8) is 0 Å². The SMILES string of the molecule is O=C1CO[C@H]2CN(Cc3c[nH]c4ccccc34)C[C@H]2N1Cc1cccnc1. The molecule has 3 aromatic rings. The van der Waals surface area contributed by atoms with Crippen LogP contribution in [-0.4, -0.2) is 57.5 Å². The third-order valence-corrected chi connectivity index (χ3v) is 5.60. The Hall–Kier alpha value is -2.70. The average molecular weight is 362 g/mol. The highest BCUT2D eigenvalue weighted by molar-refractivity contribution is 5.83. The fourth-order valence-corrected chi connectivity index (χ4v) is 4.27. The first-order chi connectivity index (χ1) is 13.3. The lowest BCUT2D eigenvalue weighted by molar-refractivity contribution is -0.153. The Bertz CT molecular complexity index is 955. The minimum Gasteiger partial charge on any atom is -0.365 e. The van der Waals surface area contributed by atoms with E-state index in [-0.39, 0.29) is 24.7 Å². The molecule has 0 aliphatic carbocycles. The van der Waals surface area contributed by atoms with Crippen LogP contribution in [-0.2, 0) is 22.6 Å². The van der Waals surface area contributed by atoms with Gasteiger partial charge in [0.2, 0.25) is 5.91 Å². The van der Waals surface area contributed by atoms with Crippen molar-refractivity contribution in [2.75, 3.05) is 19.7 Å². The maximum atomic E-state index is 12.5. The zero-order valence-corrected chi connectivity index (χ0v) is 15.0. The molecular weight excluding hydrogens is 340 g/mol. The van der Waals surface area contributed by atoms with Crippen LogP contribution in [0.4, 0.5) is 0 Å². The molecule has 0 saturated carbocycles. The van der Waals surface area contributed by atoms with Crippen LogP contribution >= 0.6 is 0 Å². The van der Waals surface area contributed by atoms with Crippen molar-refractivity contribution in [1.82, 2.24) is 19.8 Å². The summed E-state index contributed by atoms with van der Waals surface area (Å²) in [5, 5.41) is 1.26. The van der Waals surface area contributed by atoms with Crippen molar-refractivity contribution in [2.45, 2.75) is 25.2 Å². The van der Waals surface area contributed by atoms with E-state index in [1.807, 2.05) is 29.3 Å². The number of aromatic amines is 1. The molecule has 0 radical (unpaired) electrons. The molecule has 5 rings (SSSR count). The van der Waals surface area contributed by atoms with E-state index < -0.39 is 0 Å². The smallest absolute Gasteiger partial charge is 0.249 e. The summed E-state index contributed by atoms with van der Waals surface area (Å²) in [7, 11) is 0. The van der Waals surface area contributed by atoms with E-state index in [9.17, 15) is 4.79 Å². The number of benzene rings is 1. The van der Waals surface area contributed by atoms with Crippen molar-refractivity contribution in [1.29, 1.82) is 0 Å². The highest BCUT2D eigenvalue weighted by Crippen LogP contribution is 2.28. The van der Waals surface area contributed by atoms with Gasteiger partial charge in [-0.1, -0.05) is 24.3 Å². The Kier molecular flexibility index (Phi) is 4.14. The highest BCUT2D eigenvalue weighted by Gasteiger charge is 2.43. The molecule has 1 N–H and O–H groups in total. The Morgan fingerprint density at radius 1 is 1.15 bits per heavy atom. The number of ether oxygens (including phenoxy) is 1. The third-order valence-electron chi connectivity index (χ3n) is 5.60. The number of nitrogens with zero attached hydrogens (tertiary/aromatic N) is 3. The molecule has 2 atom stereocenters. The van der Waals surface area contributed by atoms with Gasteiger partial charge in [-0.05, 0) is 23.3 Å². The van der Waals surface area contributed by atoms with Crippen LogP contribution in [0.2, 0.25) is 0 Å². The number of rotatable bonds is 4. The number of morpholine rings is 1. The summed E-state index contributed by atoms with van der Waals surface area (Å²) in [5.74, 6) is 0.0639. The highest BCUT2D eigenvalue weighted by atomic mass is 16.5. The number of likely N-dealkylation sites (tertiary alicyclic amines) is 1. The number of H-pyrrole nitrogens is 1. The van der Waals surface area contributed by atoms with Gasteiger partial charge >= 0.3 is 0 Å². The summed E-state index contributed by atoms with van der Waals surface area (Å²) in [5.41, 5.74) is 3.50. The van der Waals surface area contributed by atoms with E-state index in [1.54, 1.807) is 6.20 Å². The number of pyridine rings is 1. The first kappa shape index (κ1) is 16.5. The number of hydrogen-bond donors (Lipinski definition) is 1. The van der Waals surface area contributed by atoms with E-state index in [1.165, 1.54) is 10.9 Å². The summed E-state index contributed by atoms with van der Waals surface area (Å²) in [6, 6.07) is 12.4. The Labute approximate surface area is 157 Å². The topological polar surface area (TPSA) is 61.5 Å². The summed E-state index contributed by atoms with van der Waals surface area (Å²) in [6.45, 7) is 3.30. The van der Waals surface area contributed by atoms with Crippen molar-refractivity contribution < 1.29 is 9.53 Å². The van der Waals surface area contributed by atoms with E-state index in [4.69, 9.17) is 4.74 Å². The molecule has 1 amide bonds. The molecule has 4 heterocycles. The van der Waals surface area contributed by atoms with Crippen LogP contribution < -0.4 is 0 Å². The number of para-hydroxylation sites is 1. The molecule has 2 aliphatic heterocycles. The van der Waals surface area contributed by atoms with Crippen LogP contribution in [0, 0.1) is 0 Å². The predicted molar refractivity (Wildman–Crippen MR) is 102 cm³/mol. The van der Waals surface area contributed by atoms with Crippen LogP contribution in [0.25, 0.3) is 10.9 Å². The fraction of sp³-hybridized carbons (Fsp3) is 0.333. The van der Waals surface area contributed by atoms with Gasteiger partial charge in [0.05, 0.1) is 12.1 Å². The molecular formula is C21H22N4O2. The van der Waals surface area contributed by atoms with Gasteiger partial charge in [-0.3, -0.25) is 14.7 Å². The van der Waals surface area contributed by atoms with Gasteiger partial charge in [0.1, 0.15) is 6.61 Å². The van der Waals surface area contributed by atoms with Gasteiger partial charge in [0.25, 0.3) is 0 Å². The van der Waals surface area contributed by atoms with Crippen molar-refractivity contribution in [2.24, 2.45) is 0 Å². The first-order valence-electron chi connectivity index (χ1n) is 9.35. The average Bonchev–Trinajstić information content (AvgIpc) is 3.30. The molecule has 27 heavy (non-hydrogen) atoms. The number of carbonyl (C=O) groups is 1. The maximum Gasteiger partial charge on any atom is 0.249 e. The molecule has 2 fully saturated rings. The van der Waals surface area contributed by atoms with Crippen LogP contribution in [0.15, 0.2) is 55.0 Å². The van der Waals surface area contributed by atoms with Gasteiger partial charge in [-0.2, -0.15) is 0 Å². The second-order valence-corrected chi connectivity index (χ2v) is 7.35. The van der Waals surface area contributed by atoms with E-state index in [0.717, 1.165) is 30.7 Å². The Balaban J connectivity index is 1.33. The molecule has 0 unspecified atom stereocenters. The molecule has 0 bridgehead atoms. The molecule has 6 heteroatoms. The second kappa shape index (κ2) is 6.79. The normalized spacial score (nSPS) is 23.1. The molecule has 0 spiro atoms. The first-order valence-corrected chi connectivity index (χ1v) is 9.35. The number of fused-ring (bicyclic) bond motifs is 2. The predicted octanol–water partition coefficient (Wildman–Crippen LogP) is 2.17. The molecule has 2 aliphatic rings. The molecule has 1 aromatic carbocycles. The lowest BCUT2D eigenvalue weighted by atomic mass is 10.1. The molecule has 6 nitrogen and oxygen atoms in total. The van der Waals surface area contributed by atoms with Gasteiger partial charge in [-0.15, -0.1) is 0 Å². The second-order valence-electron chi connectivity index (χ2n) is 7.35. The zero-order valence-electron chi connectivity index (χ0n) is 15.0. The Morgan fingerprint density at radius 3 is 2.96 bits per heavy atom. The number of nitrogens with one attached hydrogen (secondary N) is 1. The minimum absolute atomic E-state index is 0.0639. The van der Waals surface area contributed by atoms with Crippen LogP contribution in [0.1, 0.15) is 11.1 Å². The quantitative estimate of drug-likeness (QED) is 0.773. The van der Waals surface area contributed by atoms with Gasteiger partial charge < -0.3 is 14.6 Å². The molecule has 138 valence electrons. The molecule has 2 saturated heterocycles. The van der Waals surface area contributed by atoms with Crippen LogP contribution in [0.3, 0.4) is 0 Å². The van der Waals surface area contributed by atoms with Gasteiger partial charge in [0.15, 0.2) is 0 Å². The Morgan fingerprint density at radius 2 is 2.07 bits per heavy atom. The summed E-state index contributed by atoms with van der Waals surface area (Å²) < 4.78 is 5.86. The maximum absolute atomic E-state index is 12.5. The lowest BCUT2D eigenvalue weighted by Gasteiger charge is -2.36. The monoisotopic (exact) mass is 362 g/mol. The summed E-state index contributed by atoms with van der Waals surface area (Å²) >= 11 is 0. The van der Waals surface area contributed by atoms with E-state index in [0.29, 0.717) is 6.54 Å². The van der Waals surface area contributed by atoms with Gasteiger partial charge in [0, 0.05) is 55.7 Å². The van der Waals surface area contributed by atoms with Crippen LogP contribution in [0.5, 0.6) is 0 Å². The standard InChI is InChI=1S/C21H22N4O2/c26-21-14-27-20-13-24(11-16-9-23-18-6-2-1-5-17(16)18)12-19(20)25(21)10-15-4-3-7-22-8-15/h1-9,19-20,23H,10-14H2/t19-,20+/m1/s1. The number of carbonyl (C=O) groups excluding carboxylic acids is 1. The fourth-order valence-electron chi connectivity index (χ4n) is 4.27. The summed E-state index contributed by atoms with van der Waals surface area (Å²) in [4.78, 5) is 24.4. The van der Waals surface area contributed by atoms with E-state index in [2.05, 4.69) is 39.3 Å². The van der Waals surface area contributed by atoms with Crippen molar-refractivity contribution in [3.8, 4) is 0 Å². The largest absolute Gasteiger partial charge is 0.365 e. The number of aromatic nitrogens is 2. The van der Waals surface area contributed by atoms with Crippen molar-refractivity contribution in [3.05, 3.63) is 66.1 Å². The number of hydrogen-bond acceptors (Lipinski definition) is 4. The van der Waals surface area contributed by atoms with E-state index >= 15 is 0 Å².